The maximum atomic E-state index is 12.0. The summed E-state index contributed by atoms with van der Waals surface area (Å²) in [6.45, 7) is 7.67. The summed E-state index contributed by atoms with van der Waals surface area (Å²) in [4.78, 5) is 14.1. The van der Waals surface area contributed by atoms with Crippen molar-refractivity contribution in [2.45, 2.75) is 25.9 Å². The van der Waals surface area contributed by atoms with Crippen molar-refractivity contribution in [2.24, 2.45) is 0 Å². The van der Waals surface area contributed by atoms with Crippen molar-refractivity contribution in [2.75, 3.05) is 18.8 Å². The first-order valence-electron chi connectivity index (χ1n) is 6.62. The third-order valence-corrected chi connectivity index (χ3v) is 3.69. The SMILES string of the molecule is C=CCNC(=O)C(C)N1CCc2cccc(N)c2C1. The summed E-state index contributed by atoms with van der Waals surface area (Å²) in [6.07, 6.45) is 2.63. The summed E-state index contributed by atoms with van der Waals surface area (Å²) in [6, 6.07) is 5.88. The number of nitrogens with one attached hydrogen (secondary N) is 1. The molecule has 0 bridgehead atoms. The van der Waals surface area contributed by atoms with Gasteiger partial charge in [-0.1, -0.05) is 18.2 Å². The lowest BCUT2D eigenvalue weighted by Gasteiger charge is -2.33. The highest BCUT2D eigenvalue weighted by atomic mass is 16.2. The van der Waals surface area contributed by atoms with Gasteiger partial charge in [-0.2, -0.15) is 0 Å². The number of fused-ring (bicyclic) bond motifs is 1. The fourth-order valence-electron chi connectivity index (χ4n) is 2.44. The quantitative estimate of drug-likeness (QED) is 0.633. The molecule has 0 spiro atoms. The standard InChI is InChI=1S/C15H21N3O/c1-3-8-17-15(19)11(2)18-9-7-12-5-4-6-14(16)13(12)10-18/h3-6,11H,1,7-10,16H2,2H3,(H,17,19). The molecule has 1 aliphatic heterocycles. The number of nitrogens with two attached hydrogens (primary N) is 1. The first-order chi connectivity index (χ1) is 9.13. The maximum absolute atomic E-state index is 12.0. The molecule has 1 unspecified atom stereocenters. The summed E-state index contributed by atoms with van der Waals surface area (Å²) in [5.41, 5.74) is 9.30. The van der Waals surface area contributed by atoms with E-state index in [1.165, 1.54) is 5.56 Å². The Kier molecular flexibility index (Phi) is 4.22. The zero-order chi connectivity index (χ0) is 13.8. The van der Waals surface area contributed by atoms with Crippen LogP contribution in [0.3, 0.4) is 0 Å². The van der Waals surface area contributed by atoms with E-state index in [4.69, 9.17) is 5.73 Å². The van der Waals surface area contributed by atoms with Crippen LogP contribution in [0.5, 0.6) is 0 Å². The number of benzene rings is 1. The van der Waals surface area contributed by atoms with Gasteiger partial charge < -0.3 is 11.1 Å². The fraction of sp³-hybridized carbons (Fsp3) is 0.400. The zero-order valence-corrected chi connectivity index (χ0v) is 11.4. The number of amides is 1. The molecule has 102 valence electrons. The predicted molar refractivity (Wildman–Crippen MR) is 77.6 cm³/mol. The molecule has 4 heteroatoms. The number of nitrogen functional groups attached to an aromatic ring is 1. The van der Waals surface area contributed by atoms with Crippen LogP contribution in [0.25, 0.3) is 0 Å². The van der Waals surface area contributed by atoms with Gasteiger partial charge in [0, 0.05) is 25.3 Å². The van der Waals surface area contributed by atoms with Crippen molar-refractivity contribution in [3.63, 3.8) is 0 Å². The molecule has 1 atom stereocenters. The normalized spacial score (nSPS) is 16.5. The third-order valence-electron chi connectivity index (χ3n) is 3.69. The van der Waals surface area contributed by atoms with E-state index in [1.807, 2.05) is 19.1 Å². The van der Waals surface area contributed by atoms with E-state index in [0.29, 0.717) is 6.54 Å². The Morgan fingerprint density at radius 1 is 1.63 bits per heavy atom. The van der Waals surface area contributed by atoms with Gasteiger partial charge >= 0.3 is 0 Å². The van der Waals surface area contributed by atoms with Crippen molar-refractivity contribution >= 4 is 11.6 Å². The Morgan fingerprint density at radius 3 is 3.16 bits per heavy atom. The van der Waals surface area contributed by atoms with Crippen LogP contribution in [0.4, 0.5) is 5.69 Å². The molecule has 0 saturated carbocycles. The second-order valence-electron chi connectivity index (χ2n) is 4.92. The fourth-order valence-corrected chi connectivity index (χ4v) is 2.44. The minimum atomic E-state index is -0.146. The van der Waals surface area contributed by atoms with Crippen molar-refractivity contribution in [3.8, 4) is 0 Å². The number of hydrogen-bond donors (Lipinski definition) is 2. The molecule has 3 N–H and O–H groups in total. The minimum absolute atomic E-state index is 0.0397. The molecular weight excluding hydrogens is 238 g/mol. The Balaban J connectivity index is 2.07. The lowest BCUT2D eigenvalue weighted by Crippen LogP contribution is -2.47. The second-order valence-corrected chi connectivity index (χ2v) is 4.92. The van der Waals surface area contributed by atoms with Gasteiger partial charge in [0.05, 0.1) is 6.04 Å². The van der Waals surface area contributed by atoms with Gasteiger partial charge in [0.1, 0.15) is 0 Å². The Labute approximate surface area is 114 Å². The van der Waals surface area contributed by atoms with Crippen molar-refractivity contribution in [1.82, 2.24) is 10.2 Å². The molecule has 0 aliphatic carbocycles. The van der Waals surface area contributed by atoms with E-state index in [0.717, 1.165) is 30.8 Å². The van der Waals surface area contributed by atoms with Crippen LogP contribution >= 0.6 is 0 Å². The van der Waals surface area contributed by atoms with Gasteiger partial charge in [0.25, 0.3) is 0 Å². The molecule has 1 aromatic carbocycles. The number of carbonyl (C=O) groups is 1. The summed E-state index contributed by atoms with van der Waals surface area (Å²) in [5.74, 6) is 0.0397. The van der Waals surface area contributed by atoms with E-state index < -0.39 is 0 Å². The molecule has 4 nitrogen and oxygen atoms in total. The van der Waals surface area contributed by atoms with Crippen LogP contribution in [-0.4, -0.2) is 29.9 Å². The van der Waals surface area contributed by atoms with Gasteiger partial charge in [0.15, 0.2) is 0 Å². The Hall–Kier alpha value is -1.81. The molecule has 1 aromatic rings. The van der Waals surface area contributed by atoms with E-state index in [9.17, 15) is 4.79 Å². The number of rotatable bonds is 4. The number of nitrogens with zero attached hydrogens (tertiary/aromatic N) is 1. The molecule has 0 aromatic heterocycles. The molecule has 19 heavy (non-hydrogen) atoms. The number of hydrogen-bond acceptors (Lipinski definition) is 3. The monoisotopic (exact) mass is 259 g/mol. The zero-order valence-electron chi connectivity index (χ0n) is 11.4. The van der Waals surface area contributed by atoms with Crippen LogP contribution < -0.4 is 11.1 Å². The highest BCUT2D eigenvalue weighted by Gasteiger charge is 2.25. The molecule has 1 heterocycles. The van der Waals surface area contributed by atoms with Gasteiger partial charge in [-0.3, -0.25) is 9.69 Å². The highest BCUT2D eigenvalue weighted by molar-refractivity contribution is 5.81. The molecule has 0 fully saturated rings. The second kappa shape index (κ2) is 5.89. The maximum Gasteiger partial charge on any atom is 0.237 e. The summed E-state index contributed by atoms with van der Waals surface area (Å²) >= 11 is 0. The van der Waals surface area contributed by atoms with Crippen molar-refractivity contribution in [3.05, 3.63) is 42.0 Å². The summed E-state index contributed by atoms with van der Waals surface area (Å²) < 4.78 is 0. The van der Waals surface area contributed by atoms with Crippen LogP contribution in [0.1, 0.15) is 18.1 Å². The average Bonchev–Trinajstić information content (AvgIpc) is 2.44. The molecular formula is C15H21N3O. The van der Waals surface area contributed by atoms with Gasteiger partial charge in [-0.25, -0.2) is 0 Å². The first kappa shape index (κ1) is 13.6. The van der Waals surface area contributed by atoms with Crippen LogP contribution in [-0.2, 0) is 17.8 Å². The third kappa shape index (κ3) is 2.96. The Bertz CT molecular complexity index is 484. The van der Waals surface area contributed by atoms with Crippen molar-refractivity contribution in [1.29, 1.82) is 0 Å². The highest BCUT2D eigenvalue weighted by Crippen LogP contribution is 2.25. The lowest BCUT2D eigenvalue weighted by atomic mass is 9.97. The van der Waals surface area contributed by atoms with E-state index in [-0.39, 0.29) is 11.9 Å². The van der Waals surface area contributed by atoms with Crippen LogP contribution in [0.2, 0.25) is 0 Å². The van der Waals surface area contributed by atoms with Crippen LogP contribution in [0, 0.1) is 0 Å². The molecule has 0 radical (unpaired) electrons. The predicted octanol–water partition coefficient (Wildman–Crippen LogP) is 1.32. The van der Waals surface area contributed by atoms with Gasteiger partial charge in [-0.15, -0.1) is 6.58 Å². The molecule has 1 amide bonds. The smallest absolute Gasteiger partial charge is 0.237 e. The lowest BCUT2D eigenvalue weighted by molar-refractivity contribution is -0.126. The summed E-state index contributed by atoms with van der Waals surface area (Å²) in [7, 11) is 0. The van der Waals surface area contributed by atoms with E-state index in [2.05, 4.69) is 22.9 Å². The van der Waals surface area contributed by atoms with E-state index in [1.54, 1.807) is 6.08 Å². The van der Waals surface area contributed by atoms with E-state index >= 15 is 0 Å². The van der Waals surface area contributed by atoms with Crippen molar-refractivity contribution < 1.29 is 4.79 Å². The Morgan fingerprint density at radius 2 is 2.42 bits per heavy atom. The minimum Gasteiger partial charge on any atom is -0.398 e. The first-order valence-corrected chi connectivity index (χ1v) is 6.62. The summed E-state index contributed by atoms with van der Waals surface area (Å²) in [5, 5.41) is 2.84. The average molecular weight is 259 g/mol. The van der Waals surface area contributed by atoms with Gasteiger partial charge in [-0.05, 0) is 30.5 Å². The largest absolute Gasteiger partial charge is 0.398 e. The molecule has 1 aliphatic rings. The van der Waals surface area contributed by atoms with Crippen LogP contribution in [0.15, 0.2) is 30.9 Å². The number of anilines is 1. The topological polar surface area (TPSA) is 58.4 Å². The number of carbonyl (C=O) groups excluding carboxylic acids is 1. The van der Waals surface area contributed by atoms with Gasteiger partial charge in [0.2, 0.25) is 5.91 Å². The molecule has 0 saturated heterocycles. The molecule has 2 rings (SSSR count).